The molecule has 1 saturated carbocycles. The first-order valence-corrected chi connectivity index (χ1v) is 8.18. The minimum absolute atomic E-state index is 0.258. The summed E-state index contributed by atoms with van der Waals surface area (Å²) in [4.78, 5) is 12.0. The molecule has 1 aliphatic carbocycles. The average molecular weight is 290 g/mol. The summed E-state index contributed by atoms with van der Waals surface area (Å²) in [6.45, 7) is 10.0. The van der Waals surface area contributed by atoms with Crippen LogP contribution < -0.4 is 10.2 Å². The Labute approximate surface area is 127 Å². The van der Waals surface area contributed by atoms with Crippen molar-refractivity contribution in [2.24, 2.45) is 0 Å². The highest BCUT2D eigenvalue weighted by atomic mass is 16.5. The lowest BCUT2D eigenvalue weighted by Gasteiger charge is -2.26. The Kier molecular flexibility index (Phi) is 4.29. The van der Waals surface area contributed by atoms with E-state index in [2.05, 4.69) is 31.0 Å². The molecule has 0 radical (unpaired) electrons. The summed E-state index contributed by atoms with van der Waals surface area (Å²) in [6, 6.07) is 0. The van der Waals surface area contributed by atoms with Crippen LogP contribution in [0.3, 0.4) is 0 Å². The van der Waals surface area contributed by atoms with Gasteiger partial charge in [-0.15, -0.1) is 0 Å². The van der Waals surface area contributed by atoms with Gasteiger partial charge in [-0.05, 0) is 40.0 Å². The van der Waals surface area contributed by atoms with Gasteiger partial charge < -0.3 is 15.0 Å². The Morgan fingerprint density at radius 2 is 2.14 bits per heavy atom. The van der Waals surface area contributed by atoms with Gasteiger partial charge in [0, 0.05) is 37.7 Å². The molecule has 0 aromatic carbocycles. The van der Waals surface area contributed by atoms with Crippen LogP contribution in [0.1, 0.15) is 50.4 Å². The van der Waals surface area contributed by atoms with Crippen molar-refractivity contribution in [3.05, 3.63) is 11.4 Å². The third kappa shape index (κ3) is 3.28. The molecule has 2 heterocycles. The van der Waals surface area contributed by atoms with E-state index in [1.165, 1.54) is 12.8 Å². The number of nitrogens with one attached hydrogen (secondary N) is 1. The molecular formula is C16H26N4O. The van der Waals surface area contributed by atoms with Gasteiger partial charge >= 0.3 is 0 Å². The zero-order valence-corrected chi connectivity index (χ0v) is 13.4. The average Bonchev–Trinajstić information content (AvgIpc) is 3.29. The second-order valence-corrected chi connectivity index (χ2v) is 6.16. The summed E-state index contributed by atoms with van der Waals surface area (Å²) >= 11 is 0. The summed E-state index contributed by atoms with van der Waals surface area (Å²) in [7, 11) is 0. The van der Waals surface area contributed by atoms with Gasteiger partial charge in [0.15, 0.2) is 0 Å². The molecule has 1 N–H and O–H groups in total. The van der Waals surface area contributed by atoms with E-state index in [4.69, 9.17) is 14.7 Å². The standard InChI is InChI=1S/C16H26N4O/c1-4-17-14-12(3)16(19-15(18-14)13-6-7-13)20-8-5-9-21-11(2)10-20/h11,13H,4-10H2,1-3H3,(H,17,18,19). The molecule has 1 aromatic heterocycles. The predicted octanol–water partition coefficient (Wildman–Crippen LogP) is 2.71. The van der Waals surface area contributed by atoms with Crippen LogP contribution >= 0.6 is 0 Å². The van der Waals surface area contributed by atoms with Crippen LogP contribution in [0.2, 0.25) is 0 Å². The van der Waals surface area contributed by atoms with Gasteiger partial charge in [0.05, 0.1) is 6.10 Å². The van der Waals surface area contributed by atoms with Crippen molar-refractivity contribution >= 4 is 11.6 Å². The summed E-state index contributed by atoms with van der Waals surface area (Å²) in [5, 5.41) is 3.40. The lowest BCUT2D eigenvalue weighted by atomic mass is 10.2. The van der Waals surface area contributed by atoms with Gasteiger partial charge in [0.1, 0.15) is 17.5 Å². The van der Waals surface area contributed by atoms with E-state index in [0.29, 0.717) is 5.92 Å². The van der Waals surface area contributed by atoms with Crippen molar-refractivity contribution in [2.45, 2.75) is 52.1 Å². The molecule has 2 aliphatic rings. The highest BCUT2D eigenvalue weighted by Gasteiger charge is 2.29. The number of hydrogen-bond donors (Lipinski definition) is 1. The van der Waals surface area contributed by atoms with Crippen molar-refractivity contribution in [1.82, 2.24) is 9.97 Å². The number of nitrogens with zero attached hydrogens (tertiary/aromatic N) is 3. The normalized spacial score (nSPS) is 23.0. The molecule has 1 atom stereocenters. The lowest BCUT2D eigenvalue weighted by Crippen LogP contribution is -2.32. The molecular weight excluding hydrogens is 264 g/mol. The smallest absolute Gasteiger partial charge is 0.137 e. The quantitative estimate of drug-likeness (QED) is 0.924. The summed E-state index contributed by atoms with van der Waals surface area (Å²) in [5.41, 5.74) is 1.16. The van der Waals surface area contributed by atoms with Crippen molar-refractivity contribution in [3.8, 4) is 0 Å². The predicted molar refractivity (Wildman–Crippen MR) is 85.2 cm³/mol. The molecule has 1 saturated heterocycles. The van der Waals surface area contributed by atoms with Gasteiger partial charge in [-0.3, -0.25) is 0 Å². The van der Waals surface area contributed by atoms with Crippen LogP contribution in [0.5, 0.6) is 0 Å². The van der Waals surface area contributed by atoms with Gasteiger partial charge in [-0.25, -0.2) is 9.97 Å². The summed E-state index contributed by atoms with van der Waals surface area (Å²) in [5.74, 6) is 3.69. The van der Waals surface area contributed by atoms with Gasteiger partial charge in [0.25, 0.3) is 0 Å². The Hall–Kier alpha value is -1.36. The highest BCUT2D eigenvalue weighted by Crippen LogP contribution is 2.40. The van der Waals surface area contributed by atoms with E-state index < -0.39 is 0 Å². The molecule has 1 aromatic rings. The highest BCUT2D eigenvalue weighted by molar-refractivity contribution is 5.59. The second kappa shape index (κ2) is 6.18. The Bertz CT molecular complexity index is 501. The molecule has 1 aliphatic heterocycles. The van der Waals surface area contributed by atoms with Crippen LogP contribution in [0, 0.1) is 6.92 Å². The Morgan fingerprint density at radius 1 is 1.33 bits per heavy atom. The molecule has 5 nitrogen and oxygen atoms in total. The Morgan fingerprint density at radius 3 is 2.86 bits per heavy atom. The maximum absolute atomic E-state index is 5.76. The van der Waals surface area contributed by atoms with E-state index in [9.17, 15) is 0 Å². The molecule has 5 heteroatoms. The van der Waals surface area contributed by atoms with Crippen LogP contribution in [0.15, 0.2) is 0 Å². The van der Waals surface area contributed by atoms with Crippen molar-refractivity contribution in [2.75, 3.05) is 36.5 Å². The zero-order valence-electron chi connectivity index (χ0n) is 13.4. The van der Waals surface area contributed by atoms with Gasteiger partial charge in [-0.1, -0.05) is 0 Å². The number of hydrogen-bond acceptors (Lipinski definition) is 5. The molecule has 0 bridgehead atoms. The third-order valence-electron chi connectivity index (χ3n) is 4.18. The summed E-state index contributed by atoms with van der Waals surface area (Å²) in [6.07, 6.45) is 3.78. The van der Waals surface area contributed by atoms with Crippen LogP contribution in [0.4, 0.5) is 11.6 Å². The van der Waals surface area contributed by atoms with E-state index in [1.54, 1.807) is 0 Å². The first-order valence-electron chi connectivity index (χ1n) is 8.18. The molecule has 21 heavy (non-hydrogen) atoms. The van der Waals surface area contributed by atoms with Gasteiger partial charge in [-0.2, -0.15) is 0 Å². The van der Waals surface area contributed by atoms with E-state index in [1.807, 2.05) is 0 Å². The fourth-order valence-electron chi connectivity index (χ4n) is 2.88. The zero-order chi connectivity index (χ0) is 14.8. The number of ether oxygens (including phenoxy) is 1. The molecule has 3 rings (SSSR count). The van der Waals surface area contributed by atoms with E-state index in [-0.39, 0.29) is 6.10 Å². The minimum Gasteiger partial charge on any atom is -0.377 e. The van der Waals surface area contributed by atoms with E-state index >= 15 is 0 Å². The van der Waals surface area contributed by atoms with Crippen LogP contribution in [-0.2, 0) is 4.74 Å². The van der Waals surface area contributed by atoms with Crippen molar-refractivity contribution in [3.63, 3.8) is 0 Å². The molecule has 116 valence electrons. The number of aromatic nitrogens is 2. The fraction of sp³-hybridized carbons (Fsp3) is 0.750. The minimum atomic E-state index is 0.258. The summed E-state index contributed by atoms with van der Waals surface area (Å²) < 4.78 is 5.76. The fourth-order valence-corrected chi connectivity index (χ4v) is 2.88. The maximum atomic E-state index is 5.76. The van der Waals surface area contributed by atoms with Crippen LogP contribution in [-0.4, -0.2) is 42.3 Å². The topological polar surface area (TPSA) is 50.3 Å². The monoisotopic (exact) mass is 290 g/mol. The number of anilines is 2. The Balaban J connectivity index is 1.94. The molecule has 2 fully saturated rings. The molecule has 0 spiro atoms. The van der Waals surface area contributed by atoms with Crippen molar-refractivity contribution in [1.29, 1.82) is 0 Å². The largest absolute Gasteiger partial charge is 0.377 e. The molecule has 0 amide bonds. The first kappa shape index (κ1) is 14.6. The van der Waals surface area contributed by atoms with Crippen LogP contribution in [0.25, 0.3) is 0 Å². The van der Waals surface area contributed by atoms with Crippen molar-refractivity contribution < 1.29 is 4.74 Å². The van der Waals surface area contributed by atoms with E-state index in [0.717, 1.165) is 55.7 Å². The lowest BCUT2D eigenvalue weighted by molar-refractivity contribution is 0.0820. The third-order valence-corrected chi connectivity index (χ3v) is 4.18. The second-order valence-electron chi connectivity index (χ2n) is 6.16. The SMILES string of the molecule is CCNc1nc(C2CC2)nc(N2CCCOC(C)C2)c1C. The maximum Gasteiger partial charge on any atom is 0.137 e. The van der Waals surface area contributed by atoms with Gasteiger partial charge in [0.2, 0.25) is 0 Å². The first-order chi connectivity index (χ1) is 10.2. The molecule has 1 unspecified atom stereocenters. The number of rotatable bonds is 4.